The van der Waals surface area contributed by atoms with E-state index in [0.29, 0.717) is 0 Å². The summed E-state index contributed by atoms with van der Waals surface area (Å²) in [4.78, 5) is 2.95. The van der Waals surface area contributed by atoms with Crippen molar-refractivity contribution in [1.82, 2.24) is 0 Å². The monoisotopic (exact) mass is 284 g/mol. The van der Waals surface area contributed by atoms with E-state index in [1.54, 1.807) is 6.26 Å². The second-order valence-electron chi connectivity index (χ2n) is 3.46. The van der Waals surface area contributed by atoms with E-state index in [-0.39, 0.29) is 4.83 Å². The SMILES string of the molecule is CCc1occc1C(Br)c1ccc(C)s1. The maximum Gasteiger partial charge on any atom is 0.108 e. The van der Waals surface area contributed by atoms with Crippen LogP contribution in [0.1, 0.15) is 32.8 Å². The summed E-state index contributed by atoms with van der Waals surface area (Å²) in [6, 6.07) is 6.37. The summed E-state index contributed by atoms with van der Waals surface area (Å²) in [7, 11) is 0. The van der Waals surface area contributed by atoms with Gasteiger partial charge in [-0.2, -0.15) is 0 Å². The molecular formula is C12H13BrOS. The Kier molecular flexibility index (Phi) is 3.32. The molecule has 2 heterocycles. The topological polar surface area (TPSA) is 13.1 Å². The Labute approximate surface area is 102 Å². The van der Waals surface area contributed by atoms with E-state index in [4.69, 9.17) is 4.42 Å². The lowest BCUT2D eigenvalue weighted by molar-refractivity contribution is 0.512. The van der Waals surface area contributed by atoms with E-state index in [1.165, 1.54) is 15.3 Å². The highest BCUT2D eigenvalue weighted by molar-refractivity contribution is 9.09. The molecule has 0 amide bonds. The largest absolute Gasteiger partial charge is 0.469 e. The molecule has 0 saturated heterocycles. The Balaban J connectivity index is 2.31. The van der Waals surface area contributed by atoms with Crippen molar-refractivity contribution < 1.29 is 4.42 Å². The number of thiophene rings is 1. The van der Waals surface area contributed by atoms with Crippen molar-refractivity contribution in [3.63, 3.8) is 0 Å². The van der Waals surface area contributed by atoms with Crippen LogP contribution in [0.25, 0.3) is 0 Å². The van der Waals surface area contributed by atoms with Gasteiger partial charge in [-0.3, -0.25) is 0 Å². The lowest BCUT2D eigenvalue weighted by Gasteiger charge is -2.06. The number of alkyl halides is 1. The molecule has 1 nitrogen and oxygen atoms in total. The zero-order chi connectivity index (χ0) is 10.8. The molecule has 0 N–H and O–H groups in total. The molecule has 15 heavy (non-hydrogen) atoms. The molecule has 0 fully saturated rings. The van der Waals surface area contributed by atoms with Crippen molar-refractivity contribution in [2.45, 2.75) is 25.1 Å². The quantitative estimate of drug-likeness (QED) is 0.745. The zero-order valence-electron chi connectivity index (χ0n) is 8.79. The summed E-state index contributed by atoms with van der Waals surface area (Å²) in [5.41, 5.74) is 1.25. The average Bonchev–Trinajstić information content (AvgIpc) is 2.84. The number of halogens is 1. The first-order valence-corrected chi connectivity index (χ1v) is 6.72. The third-order valence-electron chi connectivity index (χ3n) is 2.38. The number of hydrogen-bond donors (Lipinski definition) is 0. The number of aryl methyl sites for hydroxylation is 2. The van der Waals surface area contributed by atoms with Gasteiger partial charge in [-0.05, 0) is 25.1 Å². The van der Waals surface area contributed by atoms with E-state index in [1.807, 2.05) is 17.4 Å². The van der Waals surface area contributed by atoms with Gasteiger partial charge in [0, 0.05) is 21.7 Å². The maximum absolute atomic E-state index is 5.44. The fourth-order valence-corrected chi connectivity index (χ4v) is 3.32. The molecule has 80 valence electrons. The summed E-state index contributed by atoms with van der Waals surface area (Å²) < 4.78 is 5.44. The third-order valence-corrected chi connectivity index (χ3v) is 4.74. The molecule has 0 aliphatic carbocycles. The first kappa shape index (κ1) is 11.0. The Bertz CT molecular complexity index is 444. The highest BCUT2D eigenvalue weighted by atomic mass is 79.9. The van der Waals surface area contributed by atoms with Gasteiger partial charge in [-0.25, -0.2) is 0 Å². The second kappa shape index (κ2) is 4.54. The predicted molar refractivity (Wildman–Crippen MR) is 67.9 cm³/mol. The highest BCUT2D eigenvalue weighted by Gasteiger charge is 2.17. The van der Waals surface area contributed by atoms with Gasteiger partial charge >= 0.3 is 0 Å². The van der Waals surface area contributed by atoms with Gasteiger partial charge in [0.15, 0.2) is 0 Å². The molecule has 1 atom stereocenters. The van der Waals surface area contributed by atoms with Gasteiger partial charge in [-0.15, -0.1) is 11.3 Å². The fourth-order valence-electron chi connectivity index (χ4n) is 1.61. The van der Waals surface area contributed by atoms with Crippen molar-refractivity contribution >= 4 is 27.3 Å². The van der Waals surface area contributed by atoms with Crippen molar-refractivity contribution in [1.29, 1.82) is 0 Å². The van der Waals surface area contributed by atoms with E-state index < -0.39 is 0 Å². The Morgan fingerprint density at radius 3 is 2.80 bits per heavy atom. The first-order chi connectivity index (χ1) is 7.22. The molecule has 2 aromatic rings. The molecule has 0 spiro atoms. The molecule has 0 saturated carbocycles. The van der Waals surface area contributed by atoms with Gasteiger partial charge in [0.2, 0.25) is 0 Å². The van der Waals surface area contributed by atoms with Crippen LogP contribution in [0.5, 0.6) is 0 Å². The van der Waals surface area contributed by atoms with E-state index >= 15 is 0 Å². The molecule has 0 radical (unpaired) electrons. The molecule has 2 aromatic heterocycles. The van der Waals surface area contributed by atoms with Crippen molar-refractivity contribution in [3.05, 3.63) is 45.5 Å². The average molecular weight is 285 g/mol. The minimum atomic E-state index is 0.268. The van der Waals surface area contributed by atoms with Crippen LogP contribution in [0.15, 0.2) is 28.9 Å². The highest BCUT2D eigenvalue weighted by Crippen LogP contribution is 2.37. The van der Waals surface area contributed by atoms with Gasteiger partial charge in [0.25, 0.3) is 0 Å². The maximum atomic E-state index is 5.44. The van der Waals surface area contributed by atoms with Crippen LogP contribution >= 0.6 is 27.3 Å². The van der Waals surface area contributed by atoms with Crippen LogP contribution in [0.3, 0.4) is 0 Å². The van der Waals surface area contributed by atoms with Crippen LogP contribution in [-0.2, 0) is 6.42 Å². The fraction of sp³-hybridized carbons (Fsp3) is 0.333. The van der Waals surface area contributed by atoms with Gasteiger partial charge < -0.3 is 4.42 Å². The van der Waals surface area contributed by atoms with Crippen molar-refractivity contribution in [2.24, 2.45) is 0 Å². The standard InChI is InChI=1S/C12H13BrOS/c1-3-10-9(6-7-14-10)12(13)11-5-4-8(2)15-11/h4-7,12H,3H2,1-2H3. The summed E-state index contributed by atoms with van der Waals surface area (Å²) in [5.74, 6) is 1.07. The normalized spacial score (nSPS) is 13.0. The minimum absolute atomic E-state index is 0.268. The van der Waals surface area contributed by atoms with Crippen LogP contribution in [0.4, 0.5) is 0 Å². The minimum Gasteiger partial charge on any atom is -0.469 e. The lowest BCUT2D eigenvalue weighted by Crippen LogP contribution is -1.91. The smallest absolute Gasteiger partial charge is 0.108 e. The zero-order valence-corrected chi connectivity index (χ0v) is 11.2. The van der Waals surface area contributed by atoms with E-state index in [0.717, 1.165) is 12.2 Å². The Morgan fingerprint density at radius 1 is 1.40 bits per heavy atom. The van der Waals surface area contributed by atoms with E-state index in [9.17, 15) is 0 Å². The van der Waals surface area contributed by atoms with Gasteiger partial charge in [0.05, 0.1) is 11.1 Å². The third kappa shape index (κ3) is 2.18. The van der Waals surface area contributed by atoms with Gasteiger partial charge in [-0.1, -0.05) is 22.9 Å². The molecule has 0 bridgehead atoms. The number of furan rings is 1. The Hall–Kier alpha value is -0.540. The molecule has 2 rings (SSSR count). The Morgan fingerprint density at radius 2 is 2.20 bits per heavy atom. The molecule has 1 unspecified atom stereocenters. The molecule has 0 aromatic carbocycles. The van der Waals surface area contributed by atoms with Crippen LogP contribution in [-0.4, -0.2) is 0 Å². The van der Waals surface area contributed by atoms with Crippen molar-refractivity contribution in [3.8, 4) is 0 Å². The van der Waals surface area contributed by atoms with E-state index in [2.05, 4.69) is 41.9 Å². The van der Waals surface area contributed by atoms with Crippen molar-refractivity contribution in [2.75, 3.05) is 0 Å². The van der Waals surface area contributed by atoms with Crippen LogP contribution in [0, 0.1) is 6.92 Å². The lowest BCUT2D eigenvalue weighted by atomic mass is 10.1. The number of hydrogen-bond acceptors (Lipinski definition) is 2. The molecule has 3 heteroatoms. The summed E-state index contributed by atoms with van der Waals surface area (Å²) >= 11 is 5.55. The molecule has 0 aliphatic rings. The first-order valence-electron chi connectivity index (χ1n) is 4.99. The van der Waals surface area contributed by atoms with Crippen LogP contribution in [0.2, 0.25) is 0 Å². The van der Waals surface area contributed by atoms with Crippen LogP contribution < -0.4 is 0 Å². The predicted octanol–water partition coefficient (Wildman–Crippen LogP) is 4.70. The summed E-state index contributed by atoms with van der Waals surface area (Å²) in [6.45, 7) is 4.24. The number of rotatable bonds is 3. The molecule has 0 aliphatic heterocycles. The van der Waals surface area contributed by atoms with Gasteiger partial charge in [0.1, 0.15) is 5.76 Å². The second-order valence-corrected chi connectivity index (χ2v) is 5.70. The molecular weight excluding hydrogens is 272 g/mol. The summed E-state index contributed by atoms with van der Waals surface area (Å²) in [5, 5.41) is 0. The summed E-state index contributed by atoms with van der Waals surface area (Å²) in [6.07, 6.45) is 2.71.